The molecule has 0 saturated carbocycles. The number of amides is 1. The Morgan fingerprint density at radius 2 is 2.05 bits per heavy atom. The molecule has 1 fully saturated rings. The summed E-state index contributed by atoms with van der Waals surface area (Å²) in [7, 11) is 0. The van der Waals surface area contributed by atoms with Crippen LogP contribution in [0, 0.1) is 12.8 Å². The number of anilines is 1. The number of likely N-dealkylation sites (tertiary alicyclic amines) is 1. The quantitative estimate of drug-likeness (QED) is 0.894. The Balaban J connectivity index is 0.00000200. The van der Waals surface area contributed by atoms with Crippen molar-refractivity contribution in [3.63, 3.8) is 0 Å². The number of nitrogens with two attached hydrogens (primary N) is 1. The lowest BCUT2D eigenvalue weighted by molar-refractivity contribution is -0.117. The van der Waals surface area contributed by atoms with Crippen LogP contribution in [0.5, 0.6) is 0 Å². The van der Waals surface area contributed by atoms with Crippen molar-refractivity contribution in [3.05, 3.63) is 29.8 Å². The Kier molecular flexibility index (Phi) is 6.46. The molecule has 2 unspecified atom stereocenters. The van der Waals surface area contributed by atoms with Crippen molar-refractivity contribution in [1.82, 2.24) is 4.90 Å². The van der Waals surface area contributed by atoms with Crippen LogP contribution in [-0.2, 0) is 4.79 Å². The van der Waals surface area contributed by atoms with Gasteiger partial charge in [-0.15, -0.1) is 12.4 Å². The van der Waals surface area contributed by atoms with Gasteiger partial charge in [0.1, 0.15) is 0 Å². The van der Waals surface area contributed by atoms with Crippen LogP contribution >= 0.6 is 12.4 Å². The maximum Gasteiger partial charge on any atom is 0.238 e. The van der Waals surface area contributed by atoms with E-state index in [9.17, 15) is 4.79 Å². The molecule has 3 N–H and O–H groups in total. The van der Waals surface area contributed by atoms with Crippen molar-refractivity contribution in [1.29, 1.82) is 0 Å². The second kappa shape index (κ2) is 7.62. The van der Waals surface area contributed by atoms with E-state index in [0.29, 0.717) is 25.0 Å². The number of hydrogen-bond donors (Lipinski definition) is 2. The third kappa shape index (κ3) is 4.47. The molecule has 1 aliphatic heterocycles. The SMILES string of the molecule is Cc1ccc(NC(=O)CN2CC(CN)CC2C)cc1.Cl. The summed E-state index contributed by atoms with van der Waals surface area (Å²) in [5.41, 5.74) is 7.75. The standard InChI is InChI=1S/C15H23N3O.ClH/c1-11-3-5-14(6-4-11)17-15(19)10-18-9-13(8-16)7-12(18)2;/h3-6,12-13H,7-10,16H2,1-2H3,(H,17,19);1H. The highest BCUT2D eigenvalue weighted by Crippen LogP contribution is 2.21. The van der Waals surface area contributed by atoms with E-state index >= 15 is 0 Å². The van der Waals surface area contributed by atoms with Gasteiger partial charge in [-0.2, -0.15) is 0 Å². The Bertz CT molecular complexity index is 435. The number of aryl methyl sites for hydroxylation is 1. The maximum atomic E-state index is 12.0. The lowest BCUT2D eigenvalue weighted by Crippen LogP contribution is -2.35. The average Bonchev–Trinajstić information content (AvgIpc) is 2.73. The van der Waals surface area contributed by atoms with Crippen LogP contribution in [-0.4, -0.2) is 36.5 Å². The van der Waals surface area contributed by atoms with E-state index in [1.807, 2.05) is 31.2 Å². The zero-order valence-corrected chi connectivity index (χ0v) is 13.0. The van der Waals surface area contributed by atoms with Crippen molar-refractivity contribution in [2.45, 2.75) is 26.3 Å². The van der Waals surface area contributed by atoms with E-state index in [1.165, 1.54) is 5.56 Å². The minimum Gasteiger partial charge on any atom is -0.330 e. The summed E-state index contributed by atoms with van der Waals surface area (Å²) in [5, 5.41) is 2.94. The molecule has 0 aliphatic carbocycles. The van der Waals surface area contributed by atoms with Crippen LogP contribution in [0.15, 0.2) is 24.3 Å². The minimum absolute atomic E-state index is 0. The Morgan fingerprint density at radius 1 is 1.40 bits per heavy atom. The molecule has 0 spiro atoms. The monoisotopic (exact) mass is 297 g/mol. The summed E-state index contributed by atoms with van der Waals surface area (Å²) in [6.07, 6.45) is 1.09. The molecule has 1 aliphatic rings. The Morgan fingerprint density at radius 3 is 2.60 bits per heavy atom. The van der Waals surface area contributed by atoms with Gasteiger partial charge in [0.25, 0.3) is 0 Å². The van der Waals surface area contributed by atoms with Crippen LogP contribution in [0.4, 0.5) is 5.69 Å². The molecule has 1 saturated heterocycles. The molecule has 112 valence electrons. The maximum absolute atomic E-state index is 12.0. The van der Waals surface area contributed by atoms with Gasteiger partial charge in [0, 0.05) is 18.3 Å². The van der Waals surface area contributed by atoms with E-state index < -0.39 is 0 Å². The first kappa shape index (κ1) is 17.0. The summed E-state index contributed by atoms with van der Waals surface area (Å²) in [4.78, 5) is 14.2. The number of halogens is 1. The molecule has 2 atom stereocenters. The minimum atomic E-state index is 0. The van der Waals surface area contributed by atoms with E-state index in [1.54, 1.807) is 0 Å². The van der Waals surface area contributed by atoms with Gasteiger partial charge < -0.3 is 11.1 Å². The highest BCUT2D eigenvalue weighted by molar-refractivity contribution is 5.92. The number of benzene rings is 1. The molecule has 1 amide bonds. The fourth-order valence-electron chi connectivity index (χ4n) is 2.63. The fraction of sp³-hybridized carbons (Fsp3) is 0.533. The average molecular weight is 298 g/mol. The molecule has 1 heterocycles. The van der Waals surface area contributed by atoms with Crippen LogP contribution in [0.2, 0.25) is 0 Å². The highest BCUT2D eigenvalue weighted by atomic mass is 35.5. The summed E-state index contributed by atoms with van der Waals surface area (Å²) in [6, 6.07) is 8.31. The molecule has 1 aromatic rings. The summed E-state index contributed by atoms with van der Waals surface area (Å²) < 4.78 is 0. The van der Waals surface area contributed by atoms with Crippen LogP contribution < -0.4 is 11.1 Å². The number of nitrogens with one attached hydrogen (secondary N) is 1. The number of rotatable bonds is 4. The molecule has 1 aromatic carbocycles. The molecular formula is C15H24ClN3O. The fourth-order valence-corrected chi connectivity index (χ4v) is 2.63. The Labute approximate surface area is 127 Å². The second-order valence-corrected chi connectivity index (χ2v) is 5.53. The van der Waals surface area contributed by atoms with Crippen LogP contribution in [0.1, 0.15) is 18.9 Å². The molecule has 5 heteroatoms. The molecule has 0 aromatic heterocycles. The molecule has 2 rings (SSSR count). The van der Waals surface area contributed by atoms with Crippen molar-refractivity contribution >= 4 is 24.0 Å². The summed E-state index contributed by atoms with van der Waals surface area (Å²) in [6.45, 7) is 6.28. The van der Waals surface area contributed by atoms with Crippen LogP contribution in [0.25, 0.3) is 0 Å². The number of carbonyl (C=O) groups is 1. The van der Waals surface area contributed by atoms with Crippen molar-refractivity contribution in [2.75, 3.05) is 25.0 Å². The van der Waals surface area contributed by atoms with E-state index in [2.05, 4.69) is 17.1 Å². The largest absolute Gasteiger partial charge is 0.330 e. The predicted octanol–water partition coefficient (Wildman–Crippen LogP) is 2.02. The van der Waals surface area contributed by atoms with E-state index in [-0.39, 0.29) is 18.3 Å². The third-order valence-electron chi connectivity index (χ3n) is 3.81. The molecule has 20 heavy (non-hydrogen) atoms. The zero-order chi connectivity index (χ0) is 13.8. The van der Waals surface area contributed by atoms with E-state index in [4.69, 9.17) is 5.73 Å². The van der Waals surface area contributed by atoms with Gasteiger partial charge in [0.15, 0.2) is 0 Å². The predicted molar refractivity (Wildman–Crippen MR) is 85.3 cm³/mol. The van der Waals surface area contributed by atoms with Gasteiger partial charge in [0.05, 0.1) is 6.54 Å². The van der Waals surface area contributed by atoms with Gasteiger partial charge in [-0.3, -0.25) is 9.69 Å². The normalized spacial score (nSPS) is 22.4. The molecular weight excluding hydrogens is 274 g/mol. The number of hydrogen-bond acceptors (Lipinski definition) is 3. The van der Waals surface area contributed by atoms with Gasteiger partial charge in [-0.25, -0.2) is 0 Å². The molecule has 0 bridgehead atoms. The Hall–Kier alpha value is -1.10. The van der Waals surface area contributed by atoms with Crippen molar-refractivity contribution in [3.8, 4) is 0 Å². The first-order valence-electron chi connectivity index (χ1n) is 6.89. The van der Waals surface area contributed by atoms with E-state index in [0.717, 1.165) is 18.7 Å². The lowest BCUT2D eigenvalue weighted by atomic mass is 10.1. The smallest absolute Gasteiger partial charge is 0.238 e. The van der Waals surface area contributed by atoms with Crippen molar-refractivity contribution < 1.29 is 4.79 Å². The van der Waals surface area contributed by atoms with Crippen molar-refractivity contribution in [2.24, 2.45) is 11.7 Å². The summed E-state index contributed by atoms with van der Waals surface area (Å²) in [5.74, 6) is 0.579. The second-order valence-electron chi connectivity index (χ2n) is 5.53. The first-order valence-corrected chi connectivity index (χ1v) is 6.89. The number of nitrogens with zero attached hydrogens (tertiary/aromatic N) is 1. The molecule has 0 radical (unpaired) electrons. The van der Waals surface area contributed by atoms with Gasteiger partial charge in [0.2, 0.25) is 5.91 Å². The zero-order valence-electron chi connectivity index (χ0n) is 12.1. The lowest BCUT2D eigenvalue weighted by Gasteiger charge is -2.20. The molecule has 4 nitrogen and oxygen atoms in total. The van der Waals surface area contributed by atoms with Gasteiger partial charge >= 0.3 is 0 Å². The topological polar surface area (TPSA) is 58.4 Å². The van der Waals surface area contributed by atoms with Gasteiger partial charge in [-0.05, 0) is 44.9 Å². The number of carbonyl (C=O) groups excluding carboxylic acids is 1. The van der Waals surface area contributed by atoms with Gasteiger partial charge in [-0.1, -0.05) is 17.7 Å². The highest BCUT2D eigenvalue weighted by Gasteiger charge is 2.29. The van der Waals surface area contributed by atoms with Crippen LogP contribution in [0.3, 0.4) is 0 Å². The third-order valence-corrected chi connectivity index (χ3v) is 3.81. The first-order chi connectivity index (χ1) is 9.08. The summed E-state index contributed by atoms with van der Waals surface area (Å²) >= 11 is 0.